The van der Waals surface area contributed by atoms with Gasteiger partial charge in [-0.05, 0) is 12.1 Å². The lowest BCUT2D eigenvalue weighted by Gasteiger charge is -1.95. The molecule has 0 fully saturated rings. The van der Waals surface area contributed by atoms with Crippen molar-refractivity contribution in [3.05, 3.63) is 34.4 Å². The van der Waals surface area contributed by atoms with Crippen molar-refractivity contribution in [1.29, 1.82) is 0 Å². The lowest BCUT2D eigenvalue weighted by molar-refractivity contribution is -0.384. The molecule has 0 unspecified atom stereocenters. The Morgan fingerprint density at radius 2 is 2.00 bits per heavy atom. The summed E-state index contributed by atoms with van der Waals surface area (Å²) in [5, 5.41) is 10.3. The van der Waals surface area contributed by atoms with E-state index < -0.39 is 4.92 Å². The second-order valence-electron chi connectivity index (χ2n) is 2.09. The molecule has 0 saturated carbocycles. The molecule has 6 heteroatoms. The number of hydrogen-bond donors (Lipinski definition) is 0. The highest BCUT2D eigenvalue weighted by Crippen LogP contribution is 2.23. The van der Waals surface area contributed by atoms with Gasteiger partial charge in [0.1, 0.15) is 3.66 Å². The second-order valence-corrected chi connectivity index (χ2v) is 4.67. The van der Waals surface area contributed by atoms with Crippen molar-refractivity contribution in [3.63, 3.8) is 0 Å². The lowest BCUT2D eigenvalue weighted by Crippen LogP contribution is -1.86. The first-order valence-corrected chi connectivity index (χ1v) is 4.81. The highest BCUT2D eigenvalue weighted by Gasteiger charge is 2.04. The number of rotatable bonds is 2. The summed E-state index contributed by atoms with van der Waals surface area (Å²) >= 11 is 11.3. The van der Waals surface area contributed by atoms with Crippen LogP contribution >= 0.6 is 35.6 Å². The molecule has 13 heavy (non-hydrogen) atoms. The van der Waals surface area contributed by atoms with Crippen molar-refractivity contribution in [2.45, 2.75) is 4.90 Å². The fraction of sp³-hybridized carbons (Fsp3) is 0. The van der Waals surface area contributed by atoms with Gasteiger partial charge >= 0.3 is 0 Å². The SMILES string of the molecule is O=[N+]([O-])c1ccc(SC(=S)Cl)cc1. The standard InChI is InChI=1S/C7H4ClNO2S2/c8-7(12)13-6-3-1-5(2-4-6)9(10)11/h1-4H. The molecule has 0 bridgehead atoms. The number of nitro groups is 1. The van der Waals surface area contributed by atoms with Crippen LogP contribution in [0.2, 0.25) is 0 Å². The molecule has 1 aromatic rings. The molecule has 1 aromatic carbocycles. The van der Waals surface area contributed by atoms with Crippen LogP contribution in [0.4, 0.5) is 5.69 Å². The van der Waals surface area contributed by atoms with Gasteiger partial charge in [0.2, 0.25) is 0 Å². The molecule has 0 spiro atoms. The minimum absolute atomic E-state index is 0.0600. The highest BCUT2D eigenvalue weighted by molar-refractivity contribution is 8.26. The summed E-state index contributed by atoms with van der Waals surface area (Å²) in [6, 6.07) is 6.05. The fourth-order valence-electron chi connectivity index (χ4n) is 0.729. The van der Waals surface area contributed by atoms with E-state index in [0.717, 1.165) is 4.90 Å². The highest BCUT2D eigenvalue weighted by atomic mass is 35.5. The van der Waals surface area contributed by atoms with Crippen LogP contribution in [0, 0.1) is 10.1 Å². The van der Waals surface area contributed by atoms with Crippen LogP contribution in [-0.4, -0.2) is 8.58 Å². The molecule has 0 aliphatic rings. The third-order valence-corrected chi connectivity index (χ3v) is 2.40. The maximum absolute atomic E-state index is 10.3. The van der Waals surface area contributed by atoms with Crippen molar-refractivity contribution in [1.82, 2.24) is 0 Å². The topological polar surface area (TPSA) is 43.1 Å². The lowest BCUT2D eigenvalue weighted by atomic mass is 10.3. The van der Waals surface area contributed by atoms with E-state index in [1.54, 1.807) is 12.1 Å². The van der Waals surface area contributed by atoms with E-state index in [-0.39, 0.29) is 9.34 Å². The van der Waals surface area contributed by atoms with Gasteiger partial charge in [0.05, 0.1) is 4.92 Å². The first-order valence-electron chi connectivity index (χ1n) is 3.21. The molecule has 0 atom stereocenters. The molecular weight excluding hydrogens is 230 g/mol. The third-order valence-electron chi connectivity index (χ3n) is 1.25. The Morgan fingerprint density at radius 3 is 2.38 bits per heavy atom. The average molecular weight is 234 g/mol. The monoisotopic (exact) mass is 233 g/mol. The number of thiocarbonyl (C=S) groups is 1. The van der Waals surface area contributed by atoms with Gasteiger partial charge < -0.3 is 0 Å². The number of non-ortho nitro benzene ring substituents is 1. The van der Waals surface area contributed by atoms with Crippen molar-refractivity contribution in [3.8, 4) is 0 Å². The first-order chi connectivity index (χ1) is 6.09. The number of hydrogen-bond acceptors (Lipinski definition) is 4. The fourth-order valence-corrected chi connectivity index (χ4v) is 1.74. The summed E-state index contributed by atoms with van der Waals surface area (Å²) in [4.78, 5) is 10.6. The molecule has 0 N–H and O–H groups in total. The van der Waals surface area contributed by atoms with Crippen LogP contribution in [0.1, 0.15) is 0 Å². The van der Waals surface area contributed by atoms with Crippen LogP contribution in [-0.2, 0) is 0 Å². The van der Waals surface area contributed by atoms with Gasteiger partial charge in [0, 0.05) is 17.0 Å². The predicted molar refractivity (Wildman–Crippen MR) is 57.4 cm³/mol. The number of nitro benzene ring substituents is 1. The van der Waals surface area contributed by atoms with Crippen molar-refractivity contribution in [2.24, 2.45) is 0 Å². The Labute approximate surface area is 89.2 Å². The molecule has 3 nitrogen and oxygen atoms in total. The van der Waals surface area contributed by atoms with Gasteiger partial charge in [-0.2, -0.15) is 0 Å². The predicted octanol–water partition coefficient (Wildman–Crippen LogP) is 3.21. The Morgan fingerprint density at radius 1 is 1.46 bits per heavy atom. The third kappa shape index (κ3) is 3.30. The van der Waals surface area contributed by atoms with E-state index in [1.165, 1.54) is 23.9 Å². The molecule has 0 aliphatic carbocycles. The summed E-state index contributed by atoms with van der Waals surface area (Å²) in [6.45, 7) is 0. The molecule has 0 radical (unpaired) electrons. The van der Waals surface area contributed by atoms with Crippen LogP contribution < -0.4 is 0 Å². The summed E-state index contributed by atoms with van der Waals surface area (Å²) in [5.74, 6) is 0. The van der Waals surface area contributed by atoms with Crippen molar-refractivity contribution in [2.75, 3.05) is 0 Å². The Balaban J connectivity index is 2.81. The minimum atomic E-state index is -0.451. The van der Waals surface area contributed by atoms with E-state index in [4.69, 9.17) is 11.6 Å². The van der Waals surface area contributed by atoms with Gasteiger partial charge in [-0.1, -0.05) is 35.6 Å². The van der Waals surface area contributed by atoms with Crippen LogP contribution in [0.3, 0.4) is 0 Å². The summed E-state index contributed by atoms with van der Waals surface area (Å²) in [6.07, 6.45) is 0. The van der Waals surface area contributed by atoms with E-state index >= 15 is 0 Å². The zero-order valence-corrected chi connectivity index (χ0v) is 8.66. The van der Waals surface area contributed by atoms with Gasteiger partial charge in [-0.25, -0.2) is 0 Å². The zero-order valence-electron chi connectivity index (χ0n) is 6.27. The summed E-state index contributed by atoms with van der Waals surface area (Å²) in [7, 11) is 0. The average Bonchev–Trinajstić information content (AvgIpc) is 2.04. The number of thioether (sulfide) groups is 1. The van der Waals surface area contributed by atoms with Gasteiger partial charge in [0.15, 0.2) is 0 Å². The normalized spacial score (nSPS) is 9.62. The van der Waals surface area contributed by atoms with Crippen molar-refractivity contribution < 1.29 is 4.92 Å². The Kier molecular flexibility index (Phi) is 3.65. The maximum atomic E-state index is 10.3. The molecular formula is C7H4ClNO2S2. The quantitative estimate of drug-likeness (QED) is 0.259. The summed E-state index contributed by atoms with van der Waals surface area (Å²) in [5.41, 5.74) is 0.0600. The van der Waals surface area contributed by atoms with Gasteiger partial charge in [-0.15, -0.1) is 0 Å². The van der Waals surface area contributed by atoms with Gasteiger partial charge in [-0.3, -0.25) is 10.1 Å². The van der Waals surface area contributed by atoms with E-state index in [1.807, 2.05) is 0 Å². The first kappa shape index (κ1) is 10.4. The number of halogens is 1. The molecule has 0 aliphatic heterocycles. The van der Waals surface area contributed by atoms with Gasteiger partial charge in [0.25, 0.3) is 5.69 Å². The molecule has 1 rings (SSSR count). The minimum Gasteiger partial charge on any atom is -0.258 e. The van der Waals surface area contributed by atoms with E-state index in [2.05, 4.69) is 12.2 Å². The van der Waals surface area contributed by atoms with Crippen LogP contribution in [0.5, 0.6) is 0 Å². The van der Waals surface area contributed by atoms with Crippen molar-refractivity contribution >= 4 is 44.9 Å². The largest absolute Gasteiger partial charge is 0.269 e. The van der Waals surface area contributed by atoms with E-state index in [0.29, 0.717) is 0 Å². The molecule has 0 saturated heterocycles. The maximum Gasteiger partial charge on any atom is 0.269 e. The Hall–Kier alpha value is -0.650. The van der Waals surface area contributed by atoms with Crippen LogP contribution in [0.25, 0.3) is 0 Å². The molecule has 0 heterocycles. The number of nitrogens with zero attached hydrogens (tertiary/aromatic N) is 1. The second kappa shape index (κ2) is 4.55. The Bertz CT molecular complexity index is 339. The zero-order chi connectivity index (χ0) is 9.84. The molecule has 68 valence electrons. The van der Waals surface area contributed by atoms with E-state index in [9.17, 15) is 10.1 Å². The number of benzene rings is 1. The molecule has 0 aromatic heterocycles. The summed E-state index contributed by atoms with van der Waals surface area (Å²) < 4.78 is 0.272. The smallest absolute Gasteiger partial charge is 0.258 e. The molecule has 0 amide bonds. The van der Waals surface area contributed by atoms with Crippen LogP contribution in [0.15, 0.2) is 29.2 Å².